The summed E-state index contributed by atoms with van der Waals surface area (Å²) in [7, 11) is 0. The molecule has 19 heavy (non-hydrogen) atoms. The number of benzene rings is 1. The fraction of sp³-hybridized carbons (Fsp3) is 0.182. The zero-order chi connectivity index (χ0) is 14.0. The van der Waals surface area contributed by atoms with E-state index in [9.17, 15) is 9.59 Å². The van der Waals surface area contributed by atoms with Gasteiger partial charge in [0, 0.05) is 0 Å². The van der Waals surface area contributed by atoms with Gasteiger partial charge < -0.3 is 15.9 Å². The number of nitrogens with two attached hydrogens (primary N) is 1. The Labute approximate surface area is 116 Å². The van der Waals surface area contributed by atoms with Crippen molar-refractivity contribution in [2.45, 2.75) is 16.0 Å². The van der Waals surface area contributed by atoms with E-state index in [0.29, 0.717) is 15.5 Å². The lowest BCUT2D eigenvalue weighted by Crippen LogP contribution is -2.20. The Kier molecular flexibility index (Phi) is 3.91. The van der Waals surface area contributed by atoms with E-state index in [-0.39, 0.29) is 0 Å². The van der Waals surface area contributed by atoms with Gasteiger partial charge in [-0.3, -0.25) is 9.59 Å². The summed E-state index contributed by atoms with van der Waals surface area (Å²) in [4.78, 5) is 25.9. The SMILES string of the molecule is Nc1cccc2nc(SC(CC(=O)O)C(=O)O)sc12. The summed E-state index contributed by atoms with van der Waals surface area (Å²) in [6.45, 7) is 0. The van der Waals surface area contributed by atoms with Gasteiger partial charge in [-0.2, -0.15) is 0 Å². The molecule has 0 fully saturated rings. The number of thioether (sulfide) groups is 1. The van der Waals surface area contributed by atoms with Gasteiger partial charge in [-0.25, -0.2) is 4.98 Å². The lowest BCUT2D eigenvalue weighted by molar-refractivity contribution is -0.142. The summed E-state index contributed by atoms with van der Waals surface area (Å²) < 4.78 is 1.28. The second-order valence-electron chi connectivity index (χ2n) is 3.72. The van der Waals surface area contributed by atoms with Crippen LogP contribution in [0.25, 0.3) is 10.2 Å². The molecule has 100 valence electrons. The van der Waals surface area contributed by atoms with Crippen molar-refractivity contribution in [1.29, 1.82) is 0 Å². The van der Waals surface area contributed by atoms with Crippen molar-refractivity contribution in [2.24, 2.45) is 0 Å². The number of nitrogens with zero attached hydrogens (tertiary/aromatic N) is 1. The molecular weight excluding hydrogens is 288 g/mol. The number of carbonyl (C=O) groups is 2. The topological polar surface area (TPSA) is 114 Å². The molecule has 1 aromatic carbocycles. The molecule has 0 saturated heterocycles. The Bertz CT molecular complexity index is 641. The number of carboxylic acid groups (broad SMARTS) is 2. The van der Waals surface area contributed by atoms with Crippen LogP contribution >= 0.6 is 23.1 Å². The van der Waals surface area contributed by atoms with Crippen LogP contribution in [0.2, 0.25) is 0 Å². The Morgan fingerprint density at radius 1 is 1.42 bits per heavy atom. The molecule has 0 radical (unpaired) electrons. The summed E-state index contributed by atoms with van der Waals surface area (Å²) in [5.74, 6) is -2.32. The molecule has 0 bridgehead atoms. The zero-order valence-corrected chi connectivity index (χ0v) is 11.2. The van der Waals surface area contributed by atoms with Crippen molar-refractivity contribution >= 4 is 50.9 Å². The fourth-order valence-corrected chi connectivity index (χ4v) is 3.69. The summed E-state index contributed by atoms with van der Waals surface area (Å²) in [6, 6.07) is 5.28. The predicted octanol–water partition coefficient (Wildman–Crippen LogP) is 1.90. The smallest absolute Gasteiger partial charge is 0.317 e. The van der Waals surface area contributed by atoms with Crippen LogP contribution in [0.3, 0.4) is 0 Å². The highest BCUT2D eigenvalue weighted by Crippen LogP contribution is 2.35. The van der Waals surface area contributed by atoms with Crippen LogP contribution < -0.4 is 5.73 Å². The largest absolute Gasteiger partial charge is 0.481 e. The first-order chi connectivity index (χ1) is 8.97. The minimum Gasteiger partial charge on any atom is -0.481 e. The normalized spacial score (nSPS) is 12.4. The van der Waals surface area contributed by atoms with Crippen LogP contribution in [0.4, 0.5) is 5.69 Å². The van der Waals surface area contributed by atoms with Crippen LogP contribution in [-0.2, 0) is 9.59 Å². The molecule has 1 aromatic heterocycles. The van der Waals surface area contributed by atoms with Crippen LogP contribution in [0.15, 0.2) is 22.5 Å². The van der Waals surface area contributed by atoms with Crippen molar-refractivity contribution < 1.29 is 19.8 Å². The third-order valence-electron chi connectivity index (χ3n) is 2.30. The van der Waals surface area contributed by atoms with Crippen molar-refractivity contribution in [3.63, 3.8) is 0 Å². The average Bonchev–Trinajstić information content (AvgIpc) is 2.71. The molecule has 0 aliphatic carbocycles. The molecule has 2 rings (SSSR count). The van der Waals surface area contributed by atoms with E-state index in [4.69, 9.17) is 15.9 Å². The van der Waals surface area contributed by atoms with Crippen molar-refractivity contribution in [3.8, 4) is 0 Å². The molecule has 2 aromatic rings. The van der Waals surface area contributed by atoms with Crippen LogP contribution in [0, 0.1) is 0 Å². The van der Waals surface area contributed by atoms with Gasteiger partial charge >= 0.3 is 11.9 Å². The number of nitrogen functional groups attached to an aromatic ring is 1. The van der Waals surface area contributed by atoms with Crippen LogP contribution in [0.5, 0.6) is 0 Å². The minimum atomic E-state index is -1.17. The van der Waals surface area contributed by atoms with Gasteiger partial charge in [0.25, 0.3) is 0 Å². The molecule has 8 heteroatoms. The zero-order valence-electron chi connectivity index (χ0n) is 9.57. The van der Waals surface area contributed by atoms with Crippen molar-refractivity contribution in [1.82, 2.24) is 4.98 Å². The Hall–Kier alpha value is -1.80. The summed E-state index contributed by atoms with van der Waals surface area (Å²) in [5, 5.41) is 16.6. The van der Waals surface area contributed by atoms with Crippen LogP contribution in [0.1, 0.15) is 6.42 Å². The lowest BCUT2D eigenvalue weighted by atomic mass is 10.3. The second-order valence-corrected chi connectivity index (χ2v) is 6.17. The molecule has 0 amide bonds. The molecule has 0 spiro atoms. The highest BCUT2D eigenvalue weighted by molar-refractivity contribution is 8.02. The Balaban J connectivity index is 2.26. The van der Waals surface area contributed by atoms with E-state index < -0.39 is 23.6 Å². The molecule has 0 aliphatic heterocycles. The van der Waals surface area contributed by atoms with Gasteiger partial charge in [-0.15, -0.1) is 11.3 Å². The van der Waals surface area contributed by atoms with E-state index in [0.717, 1.165) is 16.5 Å². The number of hydrogen-bond acceptors (Lipinski definition) is 6. The summed E-state index contributed by atoms with van der Waals surface area (Å²) in [6.07, 6.45) is -0.453. The first kappa shape index (κ1) is 13.6. The molecule has 0 aliphatic rings. The number of thiazole rings is 1. The first-order valence-electron chi connectivity index (χ1n) is 5.23. The molecule has 1 unspecified atom stereocenters. The number of aromatic nitrogens is 1. The first-order valence-corrected chi connectivity index (χ1v) is 6.93. The predicted molar refractivity (Wildman–Crippen MR) is 73.6 cm³/mol. The molecule has 6 nitrogen and oxygen atoms in total. The van der Waals surface area contributed by atoms with Crippen molar-refractivity contribution in [3.05, 3.63) is 18.2 Å². The third kappa shape index (κ3) is 3.15. The van der Waals surface area contributed by atoms with Gasteiger partial charge in [0.1, 0.15) is 5.25 Å². The molecule has 0 saturated carbocycles. The van der Waals surface area contributed by atoms with Gasteiger partial charge in [0.15, 0.2) is 4.34 Å². The Morgan fingerprint density at radius 3 is 2.74 bits per heavy atom. The molecule has 1 heterocycles. The standard InChI is InChI=1S/C11H10N2O4S2/c12-5-2-1-3-6-9(5)19-11(13-6)18-7(10(16)17)4-8(14)15/h1-3,7H,4,12H2,(H,14,15)(H,16,17). The van der Waals surface area contributed by atoms with Gasteiger partial charge in [0.2, 0.25) is 0 Å². The lowest BCUT2D eigenvalue weighted by Gasteiger charge is -2.06. The average molecular weight is 298 g/mol. The number of anilines is 1. The highest BCUT2D eigenvalue weighted by Gasteiger charge is 2.24. The van der Waals surface area contributed by atoms with Gasteiger partial charge in [-0.1, -0.05) is 17.8 Å². The number of hydrogen-bond donors (Lipinski definition) is 3. The Morgan fingerprint density at radius 2 is 2.16 bits per heavy atom. The maximum Gasteiger partial charge on any atom is 0.317 e. The maximum absolute atomic E-state index is 11.0. The van der Waals surface area contributed by atoms with E-state index in [1.807, 2.05) is 0 Å². The molecule has 1 atom stereocenters. The van der Waals surface area contributed by atoms with Crippen molar-refractivity contribution in [2.75, 3.05) is 5.73 Å². The van der Waals surface area contributed by atoms with E-state index in [1.54, 1.807) is 18.2 Å². The molecule has 4 N–H and O–H groups in total. The highest BCUT2D eigenvalue weighted by atomic mass is 32.2. The van der Waals surface area contributed by atoms with Gasteiger partial charge in [-0.05, 0) is 12.1 Å². The maximum atomic E-state index is 11.0. The molecular formula is C11H10N2O4S2. The second kappa shape index (κ2) is 5.45. The number of aliphatic carboxylic acids is 2. The third-order valence-corrected chi connectivity index (χ3v) is 4.70. The quantitative estimate of drug-likeness (QED) is 0.570. The fourth-order valence-electron chi connectivity index (χ4n) is 1.46. The number of fused-ring (bicyclic) bond motifs is 1. The summed E-state index contributed by atoms with van der Waals surface area (Å²) >= 11 is 2.20. The number of carboxylic acids is 2. The van der Waals surface area contributed by atoms with Gasteiger partial charge in [0.05, 0.1) is 22.3 Å². The summed E-state index contributed by atoms with van der Waals surface area (Å²) in [5.41, 5.74) is 7.05. The number of rotatable bonds is 5. The van der Waals surface area contributed by atoms with E-state index >= 15 is 0 Å². The van der Waals surface area contributed by atoms with Crippen LogP contribution in [-0.4, -0.2) is 32.4 Å². The monoisotopic (exact) mass is 298 g/mol. The minimum absolute atomic E-state index is 0.453. The van der Waals surface area contributed by atoms with E-state index in [2.05, 4.69) is 4.98 Å². The van der Waals surface area contributed by atoms with E-state index in [1.165, 1.54) is 11.3 Å².